The summed E-state index contributed by atoms with van der Waals surface area (Å²) in [6.45, 7) is 2.92. The zero-order chi connectivity index (χ0) is 13.9. The molecule has 3 rings (SSSR count). The number of hydrogen-bond acceptors (Lipinski definition) is 4. The summed E-state index contributed by atoms with van der Waals surface area (Å²) in [4.78, 5) is 9.28. The van der Waals surface area contributed by atoms with Gasteiger partial charge >= 0.3 is 0 Å². The van der Waals surface area contributed by atoms with E-state index >= 15 is 0 Å². The summed E-state index contributed by atoms with van der Waals surface area (Å²) in [5.41, 5.74) is 1.13. The molecule has 2 aromatic rings. The summed E-state index contributed by atoms with van der Waals surface area (Å²) in [6.07, 6.45) is 6.69. The minimum atomic E-state index is 0.558. The van der Waals surface area contributed by atoms with Gasteiger partial charge < -0.3 is 9.73 Å². The molecule has 106 valence electrons. The molecule has 0 aromatic carbocycles. The van der Waals surface area contributed by atoms with E-state index in [1.807, 2.05) is 6.07 Å². The molecule has 0 bridgehead atoms. The van der Waals surface area contributed by atoms with E-state index in [0.717, 1.165) is 22.5 Å². The highest BCUT2D eigenvalue weighted by Gasteiger charge is 2.21. The molecule has 1 aliphatic carbocycles. The predicted molar refractivity (Wildman–Crippen MR) is 82.8 cm³/mol. The van der Waals surface area contributed by atoms with Crippen molar-refractivity contribution in [1.29, 1.82) is 0 Å². The van der Waals surface area contributed by atoms with Crippen molar-refractivity contribution in [2.24, 2.45) is 0 Å². The molecule has 2 aromatic heterocycles. The lowest BCUT2D eigenvalue weighted by molar-refractivity contribution is 0.574. The minimum absolute atomic E-state index is 0.558. The highest BCUT2D eigenvalue weighted by atomic mass is 79.9. The third-order valence-electron chi connectivity index (χ3n) is 3.70. The number of aromatic nitrogens is 2. The molecule has 0 amide bonds. The summed E-state index contributed by atoms with van der Waals surface area (Å²) in [6, 6.07) is 3.95. The number of hydrogen-bond donors (Lipinski definition) is 1. The van der Waals surface area contributed by atoms with Gasteiger partial charge in [-0.1, -0.05) is 12.8 Å². The van der Waals surface area contributed by atoms with Crippen molar-refractivity contribution in [1.82, 2.24) is 9.97 Å². The van der Waals surface area contributed by atoms with Gasteiger partial charge in [0, 0.05) is 24.2 Å². The lowest BCUT2D eigenvalue weighted by atomic mass is 10.0. The average molecular weight is 336 g/mol. The van der Waals surface area contributed by atoms with Crippen LogP contribution in [-0.4, -0.2) is 16.5 Å². The number of nitrogens with one attached hydrogen (secondary N) is 1. The van der Waals surface area contributed by atoms with Crippen LogP contribution in [0, 0.1) is 0 Å². The number of nitrogens with zero attached hydrogens (tertiary/aromatic N) is 2. The summed E-state index contributed by atoms with van der Waals surface area (Å²) in [5, 5.41) is 3.29. The largest absolute Gasteiger partial charge is 0.460 e. The molecule has 0 atom stereocenters. The summed E-state index contributed by atoms with van der Waals surface area (Å²) < 4.78 is 6.39. The lowest BCUT2D eigenvalue weighted by Crippen LogP contribution is -2.06. The number of rotatable bonds is 4. The van der Waals surface area contributed by atoms with Gasteiger partial charge in [0.15, 0.2) is 11.6 Å². The zero-order valence-corrected chi connectivity index (χ0v) is 13.1. The standard InChI is InChI=1S/C15H18BrN3O/c1-2-17-13-9-12(10-5-3-4-6-10)18-15(19-13)14-11(16)7-8-20-14/h7-10H,2-6H2,1H3,(H,17,18,19). The Balaban J connectivity index is 2.02. The van der Waals surface area contributed by atoms with Crippen LogP contribution < -0.4 is 5.32 Å². The molecule has 0 spiro atoms. The van der Waals surface area contributed by atoms with Crippen LogP contribution in [0.15, 0.2) is 27.3 Å². The molecular formula is C15H18BrN3O. The highest BCUT2D eigenvalue weighted by Crippen LogP contribution is 2.35. The second-order valence-corrected chi connectivity index (χ2v) is 5.97. The monoisotopic (exact) mass is 335 g/mol. The lowest BCUT2D eigenvalue weighted by Gasteiger charge is -2.12. The van der Waals surface area contributed by atoms with E-state index in [1.165, 1.54) is 25.7 Å². The number of furan rings is 1. The second kappa shape index (κ2) is 5.95. The Morgan fingerprint density at radius 1 is 1.35 bits per heavy atom. The van der Waals surface area contributed by atoms with Crippen molar-refractivity contribution in [2.45, 2.75) is 38.5 Å². The second-order valence-electron chi connectivity index (χ2n) is 5.11. The molecule has 1 saturated carbocycles. The molecule has 1 fully saturated rings. The molecule has 0 saturated heterocycles. The molecule has 0 aliphatic heterocycles. The van der Waals surface area contributed by atoms with Gasteiger partial charge in [-0.15, -0.1) is 0 Å². The van der Waals surface area contributed by atoms with Crippen molar-refractivity contribution in [3.63, 3.8) is 0 Å². The smallest absolute Gasteiger partial charge is 0.199 e. The van der Waals surface area contributed by atoms with E-state index in [2.05, 4.69) is 39.2 Å². The molecular weight excluding hydrogens is 318 g/mol. The van der Waals surface area contributed by atoms with E-state index in [0.29, 0.717) is 17.5 Å². The van der Waals surface area contributed by atoms with Crippen molar-refractivity contribution < 1.29 is 4.42 Å². The van der Waals surface area contributed by atoms with Gasteiger partial charge in [0.2, 0.25) is 0 Å². The Kier molecular flexibility index (Phi) is 4.05. The summed E-state index contributed by atoms with van der Waals surface area (Å²) in [7, 11) is 0. The SMILES string of the molecule is CCNc1cc(C2CCCC2)nc(-c2occc2Br)n1. The zero-order valence-electron chi connectivity index (χ0n) is 11.5. The first-order valence-electron chi connectivity index (χ1n) is 7.14. The number of anilines is 1. The van der Waals surface area contributed by atoms with E-state index < -0.39 is 0 Å². The Bertz CT molecular complexity index is 591. The predicted octanol–water partition coefficient (Wildman–Crippen LogP) is 4.59. The highest BCUT2D eigenvalue weighted by molar-refractivity contribution is 9.10. The third kappa shape index (κ3) is 2.73. The maximum atomic E-state index is 5.50. The fourth-order valence-corrected chi connectivity index (χ4v) is 3.10. The van der Waals surface area contributed by atoms with Crippen LogP contribution in [0.2, 0.25) is 0 Å². The first-order valence-corrected chi connectivity index (χ1v) is 7.93. The molecule has 2 heterocycles. The number of halogens is 1. The van der Waals surface area contributed by atoms with E-state index in [9.17, 15) is 0 Å². The van der Waals surface area contributed by atoms with Crippen molar-refractivity contribution in [3.05, 3.63) is 28.6 Å². The third-order valence-corrected chi connectivity index (χ3v) is 4.32. The Morgan fingerprint density at radius 2 is 2.15 bits per heavy atom. The molecule has 0 radical (unpaired) electrons. The van der Waals surface area contributed by atoms with E-state index in [-0.39, 0.29) is 0 Å². The van der Waals surface area contributed by atoms with Gasteiger partial charge in [-0.05, 0) is 41.8 Å². The van der Waals surface area contributed by atoms with Gasteiger partial charge in [-0.25, -0.2) is 9.97 Å². The van der Waals surface area contributed by atoms with Gasteiger partial charge in [-0.3, -0.25) is 0 Å². The first-order chi connectivity index (χ1) is 9.78. The topological polar surface area (TPSA) is 51.0 Å². The summed E-state index contributed by atoms with van der Waals surface area (Å²) >= 11 is 3.48. The van der Waals surface area contributed by atoms with E-state index in [1.54, 1.807) is 6.26 Å². The fourth-order valence-electron chi connectivity index (χ4n) is 2.72. The van der Waals surface area contributed by atoms with Gasteiger partial charge in [0.05, 0.1) is 10.7 Å². The maximum Gasteiger partial charge on any atom is 0.199 e. The maximum absolute atomic E-state index is 5.50. The van der Waals surface area contributed by atoms with Crippen LogP contribution in [-0.2, 0) is 0 Å². The normalized spacial score (nSPS) is 15.7. The molecule has 0 unspecified atom stereocenters. The molecule has 20 heavy (non-hydrogen) atoms. The Hall–Kier alpha value is -1.36. The Labute approximate surface area is 127 Å². The van der Waals surface area contributed by atoms with Gasteiger partial charge in [0.1, 0.15) is 5.82 Å². The average Bonchev–Trinajstić information content (AvgIpc) is 3.09. The fraction of sp³-hybridized carbons (Fsp3) is 0.467. The summed E-state index contributed by atoms with van der Waals surface area (Å²) in [5.74, 6) is 2.79. The van der Waals surface area contributed by atoms with Crippen molar-refractivity contribution in [2.75, 3.05) is 11.9 Å². The molecule has 4 nitrogen and oxygen atoms in total. The van der Waals surface area contributed by atoms with Crippen LogP contribution in [0.5, 0.6) is 0 Å². The van der Waals surface area contributed by atoms with Crippen LogP contribution in [0.1, 0.15) is 44.2 Å². The van der Waals surface area contributed by atoms with Crippen LogP contribution in [0.4, 0.5) is 5.82 Å². The Morgan fingerprint density at radius 3 is 2.80 bits per heavy atom. The van der Waals surface area contributed by atoms with Gasteiger partial charge in [-0.2, -0.15) is 0 Å². The molecule has 5 heteroatoms. The van der Waals surface area contributed by atoms with Crippen LogP contribution in [0.3, 0.4) is 0 Å². The van der Waals surface area contributed by atoms with Gasteiger partial charge in [0.25, 0.3) is 0 Å². The quantitative estimate of drug-likeness (QED) is 0.887. The van der Waals surface area contributed by atoms with Crippen LogP contribution in [0.25, 0.3) is 11.6 Å². The molecule has 1 N–H and O–H groups in total. The van der Waals surface area contributed by atoms with Crippen LogP contribution >= 0.6 is 15.9 Å². The van der Waals surface area contributed by atoms with Crippen molar-refractivity contribution >= 4 is 21.7 Å². The first kappa shape index (κ1) is 13.6. The van der Waals surface area contributed by atoms with Crippen molar-refractivity contribution in [3.8, 4) is 11.6 Å². The van der Waals surface area contributed by atoms with E-state index in [4.69, 9.17) is 9.40 Å². The molecule has 1 aliphatic rings. The minimum Gasteiger partial charge on any atom is -0.460 e.